The fraction of sp³-hybridized carbons (Fsp3) is 0.214. The predicted octanol–water partition coefficient (Wildman–Crippen LogP) is 2.69. The van der Waals surface area contributed by atoms with Gasteiger partial charge in [-0.2, -0.15) is 0 Å². The number of esters is 1. The number of methoxy groups -OCH3 is 1. The summed E-state index contributed by atoms with van der Waals surface area (Å²) in [6, 6.07) is 7.61. The van der Waals surface area contributed by atoms with E-state index in [1.165, 1.54) is 25.3 Å². The van der Waals surface area contributed by atoms with Crippen molar-refractivity contribution in [3.63, 3.8) is 0 Å². The largest absolute Gasteiger partial charge is 0.464 e. The van der Waals surface area contributed by atoms with E-state index < -0.39 is 5.97 Å². The average molecular weight is 310 g/mol. The Balaban J connectivity index is 2.22. The van der Waals surface area contributed by atoms with Crippen LogP contribution < -0.4 is 4.90 Å². The first-order valence-electron chi connectivity index (χ1n) is 6.08. The maximum atomic E-state index is 12.9. The molecule has 2 rings (SSSR count). The molecule has 0 bridgehead atoms. The van der Waals surface area contributed by atoms with Gasteiger partial charge in [-0.1, -0.05) is 12.1 Å². The van der Waals surface area contributed by atoms with Gasteiger partial charge in [0.25, 0.3) is 0 Å². The van der Waals surface area contributed by atoms with Crippen molar-refractivity contribution in [3.05, 3.63) is 52.7 Å². The number of nitrogens with zero attached hydrogens (tertiary/aromatic N) is 3. The molecule has 7 heteroatoms. The Morgan fingerprint density at radius 3 is 2.62 bits per heavy atom. The molecule has 0 amide bonds. The highest BCUT2D eigenvalue weighted by atomic mass is 35.5. The minimum Gasteiger partial charge on any atom is -0.464 e. The highest BCUT2D eigenvalue weighted by Crippen LogP contribution is 2.17. The van der Waals surface area contributed by atoms with Gasteiger partial charge >= 0.3 is 5.97 Å². The zero-order chi connectivity index (χ0) is 15.4. The summed E-state index contributed by atoms with van der Waals surface area (Å²) in [4.78, 5) is 21.1. The van der Waals surface area contributed by atoms with Crippen molar-refractivity contribution in [2.45, 2.75) is 6.54 Å². The lowest BCUT2D eigenvalue weighted by atomic mass is 10.2. The van der Waals surface area contributed by atoms with Crippen molar-refractivity contribution < 1.29 is 13.9 Å². The van der Waals surface area contributed by atoms with Crippen LogP contribution in [0.4, 0.5) is 10.2 Å². The van der Waals surface area contributed by atoms with E-state index in [9.17, 15) is 9.18 Å². The molecular weight excluding hydrogens is 297 g/mol. The van der Waals surface area contributed by atoms with Crippen LogP contribution in [0.15, 0.2) is 30.3 Å². The van der Waals surface area contributed by atoms with Crippen molar-refractivity contribution in [1.29, 1.82) is 0 Å². The van der Waals surface area contributed by atoms with Crippen LogP contribution in [0.3, 0.4) is 0 Å². The summed E-state index contributed by atoms with van der Waals surface area (Å²) in [6.07, 6.45) is 0. The van der Waals surface area contributed by atoms with Gasteiger partial charge in [0, 0.05) is 19.7 Å². The molecule has 0 unspecified atom stereocenters. The molecule has 0 fully saturated rings. The molecule has 0 spiro atoms. The average Bonchev–Trinajstić information content (AvgIpc) is 2.48. The number of benzene rings is 1. The van der Waals surface area contributed by atoms with Gasteiger partial charge in [-0.05, 0) is 29.3 Å². The molecule has 0 saturated heterocycles. The zero-order valence-electron chi connectivity index (χ0n) is 11.5. The van der Waals surface area contributed by atoms with Crippen LogP contribution in [0.5, 0.6) is 0 Å². The van der Waals surface area contributed by atoms with Crippen molar-refractivity contribution in [2.75, 3.05) is 19.1 Å². The van der Waals surface area contributed by atoms with E-state index in [0.29, 0.717) is 12.4 Å². The molecule has 1 aromatic heterocycles. The number of aromatic nitrogens is 2. The van der Waals surface area contributed by atoms with E-state index in [1.54, 1.807) is 24.1 Å². The zero-order valence-corrected chi connectivity index (χ0v) is 12.3. The number of ether oxygens (including phenoxy) is 1. The third-order valence-electron chi connectivity index (χ3n) is 2.80. The minimum absolute atomic E-state index is 0.0427. The second kappa shape index (κ2) is 6.49. The number of anilines is 1. The van der Waals surface area contributed by atoms with Crippen LogP contribution in [0, 0.1) is 5.82 Å². The molecule has 0 aliphatic heterocycles. The van der Waals surface area contributed by atoms with Crippen molar-refractivity contribution >= 4 is 23.4 Å². The standard InChI is InChI=1S/C14H13ClFN3O2/c1-19(8-9-3-5-10(16)6-4-9)12-7-11(13(20)21-2)17-14(15)18-12/h3-7H,8H2,1-2H3. The van der Waals surface area contributed by atoms with E-state index in [2.05, 4.69) is 14.7 Å². The maximum absolute atomic E-state index is 12.9. The summed E-state index contributed by atoms with van der Waals surface area (Å²) < 4.78 is 17.5. The lowest BCUT2D eigenvalue weighted by Crippen LogP contribution is -2.19. The molecule has 2 aromatic rings. The van der Waals surface area contributed by atoms with E-state index in [1.807, 2.05) is 0 Å². The summed E-state index contributed by atoms with van der Waals surface area (Å²) in [5.41, 5.74) is 0.978. The van der Waals surface area contributed by atoms with Crippen LogP contribution in [0.2, 0.25) is 5.28 Å². The van der Waals surface area contributed by atoms with Gasteiger partial charge in [0.15, 0.2) is 5.69 Å². The van der Waals surface area contributed by atoms with E-state index in [0.717, 1.165) is 5.56 Å². The van der Waals surface area contributed by atoms with Crippen LogP contribution in [0.25, 0.3) is 0 Å². The molecule has 1 aromatic carbocycles. The molecule has 0 atom stereocenters. The second-order valence-corrected chi connectivity index (χ2v) is 4.69. The Kier molecular flexibility index (Phi) is 4.70. The first-order chi connectivity index (χ1) is 9.99. The monoisotopic (exact) mass is 309 g/mol. The maximum Gasteiger partial charge on any atom is 0.356 e. The van der Waals surface area contributed by atoms with Crippen molar-refractivity contribution in [2.24, 2.45) is 0 Å². The van der Waals surface area contributed by atoms with Gasteiger partial charge in [0.1, 0.15) is 11.6 Å². The predicted molar refractivity (Wildman–Crippen MR) is 76.9 cm³/mol. The number of halogens is 2. The molecule has 5 nitrogen and oxygen atoms in total. The van der Waals surface area contributed by atoms with Gasteiger partial charge in [-0.15, -0.1) is 0 Å². The fourth-order valence-corrected chi connectivity index (χ4v) is 1.93. The summed E-state index contributed by atoms with van der Waals surface area (Å²) in [5, 5.41) is -0.0427. The quantitative estimate of drug-likeness (QED) is 0.642. The first-order valence-corrected chi connectivity index (χ1v) is 6.46. The molecule has 1 heterocycles. The lowest BCUT2D eigenvalue weighted by molar-refractivity contribution is 0.0594. The Hall–Kier alpha value is -2.21. The number of hydrogen-bond acceptors (Lipinski definition) is 5. The SMILES string of the molecule is COC(=O)c1cc(N(C)Cc2ccc(F)cc2)nc(Cl)n1. The highest BCUT2D eigenvalue weighted by molar-refractivity contribution is 6.28. The summed E-state index contributed by atoms with van der Waals surface area (Å²) in [5.74, 6) is -0.407. The Morgan fingerprint density at radius 2 is 2.00 bits per heavy atom. The van der Waals surface area contributed by atoms with Gasteiger partial charge in [-0.3, -0.25) is 0 Å². The summed E-state index contributed by atoms with van der Waals surface area (Å²) in [7, 11) is 3.04. The first kappa shape index (κ1) is 15.2. The Labute approximate surface area is 126 Å². The summed E-state index contributed by atoms with van der Waals surface area (Å²) >= 11 is 5.81. The van der Waals surface area contributed by atoms with E-state index in [-0.39, 0.29) is 16.8 Å². The van der Waals surface area contributed by atoms with Gasteiger partial charge in [0.2, 0.25) is 5.28 Å². The van der Waals surface area contributed by atoms with Gasteiger partial charge in [0.05, 0.1) is 7.11 Å². The topological polar surface area (TPSA) is 55.3 Å². The van der Waals surface area contributed by atoms with Crippen molar-refractivity contribution in [3.8, 4) is 0 Å². The second-order valence-electron chi connectivity index (χ2n) is 4.35. The minimum atomic E-state index is -0.587. The molecule has 0 N–H and O–H groups in total. The molecule has 0 radical (unpaired) electrons. The fourth-order valence-electron chi connectivity index (χ4n) is 1.76. The molecule has 0 saturated carbocycles. The van der Waals surface area contributed by atoms with Gasteiger partial charge in [-0.25, -0.2) is 19.2 Å². The van der Waals surface area contributed by atoms with E-state index >= 15 is 0 Å². The Morgan fingerprint density at radius 1 is 1.33 bits per heavy atom. The third kappa shape index (κ3) is 3.88. The number of carbonyl (C=O) groups is 1. The molecular formula is C14H13ClFN3O2. The van der Waals surface area contributed by atoms with Crippen molar-refractivity contribution in [1.82, 2.24) is 9.97 Å². The number of rotatable bonds is 4. The number of carbonyl (C=O) groups excluding carboxylic acids is 1. The lowest BCUT2D eigenvalue weighted by Gasteiger charge is -2.18. The molecule has 0 aliphatic rings. The molecule has 110 valence electrons. The van der Waals surface area contributed by atoms with Gasteiger partial charge < -0.3 is 9.64 Å². The molecule has 0 aliphatic carbocycles. The van der Waals surface area contributed by atoms with Crippen LogP contribution >= 0.6 is 11.6 Å². The molecule has 21 heavy (non-hydrogen) atoms. The van der Waals surface area contributed by atoms with Crippen LogP contribution in [-0.2, 0) is 11.3 Å². The van der Waals surface area contributed by atoms with Crippen LogP contribution in [0.1, 0.15) is 16.1 Å². The third-order valence-corrected chi connectivity index (χ3v) is 2.97. The Bertz CT molecular complexity index is 649. The van der Waals surface area contributed by atoms with Crippen LogP contribution in [-0.4, -0.2) is 30.1 Å². The highest BCUT2D eigenvalue weighted by Gasteiger charge is 2.13. The number of hydrogen-bond donors (Lipinski definition) is 0. The van der Waals surface area contributed by atoms with E-state index in [4.69, 9.17) is 11.6 Å². The summed E-state index contributed by atoms with van der Waals surface area (Å²) in [6.45, 7) is 0.480. The normalized spacial score (nSPS) is 10.3. The smallest absolute Gasteiger partial charge is 0.356 e.